The fourth-order valence-electron chi connectivity index (χ4n) is 2.38. The number of benzene rings is 1. The van der Waals surface area contributed by atoms with Crippen molar-refractivity contribution >= 4 is 5.69 Å². The third-order valence-corrected chi connectivity index (χ3v) is 3.02. The van der Waals surface area contributed by atoms with Gasteiger partial charge in [0.2, 0.25) is 0 Å². The number of anilines is 1. The van der Waals surface area contributed by atoms with E-state index in [0.29, 0.717) is 17.9 Å². The molecule has 0 saturated heterocycles. The van der Waals surface area contributed by atoms with Crippen LogP contribution in [0, 0.1) is 23.2 Å². The molecule has 0 amide bonds. The van der Waals surface area contributed by atoms with E-state index in [-0.39, 0.29) is 6.61 Å². The zero-order chi connectivity index (χ0) is 15.0. The van der Waals surface area contributed by atoms with Gasteiger partial charge in [-0.3, -0.25) is 0 Å². The SMILES string of the molecule is CC(C)CC(CC(C)C)Nc1cccc(OCC#N)c1. The second kappa shape index (κ2) is 8.47. The van der Waals surface area contributed by atoms with Gasteiger partial charge >= 0.3 is 0 Å². The van der Waals surface area contributed by atoms with Crippen molar-refractivity contribution in [3.8, 4) is 11.8 Å². The number of hydrogen-bond acceptors (Lipinski definition) is 3. The van der Waals surface area contributed by atoms with E-state index in [2.05, 4.69) is 33.0 Å². The van der Waals surface area contributed by atoms with Gasteiger partial charge in [0.25, 0.3) is 0 Å². The Morgan fingerprint density at radius 1 is 1.15 bits per heavy atom. The highest BCUT2D eigenvalue weighted by atomic mass is 16.5. The number of nitrogens with zero attached hydrogens (tertiary/aromatic N) is 1. The molecule has 0 aliphatic heterocycles. The minimum atomic E-state index is 0.0882. The van der Waals surface area contributed by atoms with Gasteiger partial charge in [0.15, 0.2) is 6.61 Å². The van der Waals surface area contributed by atoms with Crippen molar-refractivity contribution in [2.75, 3.05) is 11.9 Å². The van der Waals surface area contributed by atoms with Crippen molar-refractivity contribution in [2.24, 2.45) is 11.8 Å². The lowest BCUT2D eigenvalue weighted by Gasteiger charge is -2.23. The van der Waals surface area contributed by atoms with Crippen molar-refractivity contribution in [1.82, 2.24) is 0 Å². The molecule has 0 saturated carbocycles. The lowest BCUT2D eigenvalue weighted by Crippen LogP contribution is -2.23. The molecule has 3 nitrogen and oxygen atoms in total. The first-order chi connectivity index (χ1) is 9.51. The van der Waals surface area contributed by atoms with E-state index in [1.165, 1.54) is 0 Å². The minimum absolute atomic E-state index is 0.0882. The summed E-state index contributed by atoms with van der Waals surface area (Å²) in [4.78, 5) is 0. The molecule has 0 aromatic heterocycles. The number of rotatable bonds is 8. The van der Waals surface area contributed by atoms with Crippen LogP contribution in [-0.4, -0.2) is 12.6 Å². The molecular weight excluding hydrogens is 248 g/mol. The summed E-state index contributed by atoms with van der Waals surface area (Å²) in [5, 5.41) is 12.1. The van der Waals surface area contributed by atoms with Crippen molar-refractivity contribution < 1.29 is 4.74 Å². The molecule has 0 aliphatic rings. The van der Waals surface area contributed by atoms with Crippen LogP contribution in [0.25, 0.3) is 0 Å². The first kappa shape index (κ1) is 16.4. The Balaban J connectivity index is 2.69. The fourth-order valence-corrected chi connectivity index (χ4v) is 2.38. The molecule has 0 radical (unpaired) electrons. The summed E-state index contributed by atoms with van der Waals surface area (Å²) >= 11 is 0. The number of nitriles is 1. The van der Waals surface area contributed by atoms with E-state index in [1.807, 2.05) is 30.3 Å². The van der Waals surface area contributed by atoms with E-state index in [9.17, 15) is 0 Å². The molecule has 110 valence electrons. The third-order valence-electron chi connectivity index (χ3n) is 3.02. The Bertz CT molecular complexity index is 425. The van der Waals surface area contributed by atoms with Crippen LogP contribution < -0.4 is 10.1 Å². The number of hydrogen-bond donors (Lipinski definition) is 1. The maximum Gasteiger partial charge on any atom is 0.174 e. The molecule has 1 aromatic rings. The predicted molar refractivity (Wildman–Crippen MR) is 83.9 cm³/mol. The molecule has 1 N–H and O–H groups in total. The lowest BCUT2D eigenvalue weighted by molar-refractivity contribution is 0.368. The summed E-state index contributed by atoms with van der Waals surface area (Å²) in [5.74, 6) is 2.08. The van der Waals surface area contributed by atoms with Gasteiger partial charge in [-0.2, -0.15) is 5.26 Å². The summed E-state index contributed by atoms with van der Waals surface area (Å²) in [5.41, 5.74) is 1.06. The molecule has 0 atom stereocenters. The Morgan fingerprint density at radius 3 is 2.35 bits per heavy atom. The highest BCUT2D eigenvalue weighted by Gasteiger charge is 2.13. The van der Waals surface area contributed by atoms with Crippen LogP contribution >= 0.6 is 0 Å². The van der Waals surface area contributed by atoms with Crippen LogP contribution in [-0.2, 0) is 0 Å². The summed E-state index contributed by atoms with van der Waals surface area (Å²) in [7, 11) is 0. The molecule has 0 heterocycles. The Labute approximate surface area is 123 Å². The molecule has 3 heteroatoms. The van der Waals surface area contributed by atoms with Crippen LogP contribution in [0.1, 0.15) is 40.5 Å². The molecule has 0 spiro atoms. The van der Waals surface area contributed by atoms with Crippen LogP contribution in [0.3, 0.4) is 0 Å². The lowest BCUT2D eigenvalue weighted by atomic mass is 9.95. The molecule has 0 fully saturated rings. The van der Waals surface area contributed by atoms with E-state index in [1.54, 1.807) is 0 Å². The average molecular weight is 274 g/mol. The van der Waals surface area contributed by atoms with E-state index in [0.717, 1.165) is 24.3 Å². The Kier molecular flexibility index (Phi) is 6.93. The third kappa shape index (κ3) is 6.47. The quantitative estimate of drug-likeness (QED) is 0.761. The second-order valence-corrected chi connectivity index (χ2v) is 6.07. The standard InChI is InChI=1S/C17H26N2O/c1-13(2)10-16(11-14(3)4)19-15-6-5-7-17(12-15)20-9-8-18/h5-7,12-14,16,19H,9-11H2,1-4H3. The van der Waals surface area contributed by atoms with Crippen molar-refractivity contribution in [3.63, 3.8) is 0 Å². The molecule has 1 aromatic carbocycles. The smallest absolute Gasteiger partial charge is 0.174 e. The van der Waals surface area contributed by atoms with Crippen molar-refractivity contribution in [2.45, 2.75) is 46.6 Å². The summed E-state index contributed by atoms with van der Waals surface area (Å²) in [6.45, 7) is 9.09. The fraction of sp³-hybridized carbons (Fsp3) is 0.588. The van der Waals surface area contributed by atoms with Crippen molar-refractivity contribution in [1.29, 1.82) is 5.26 Å². The van der Waals surface area contributed by atoms with Gasteiger partial charge in [-0.15, -0.1) is 0 Å². The zero-order valence-electron chi connectivity index (χ0n) is 13.0. The minimum Gasteiger partial charge on any atom is -0.479 e. The normalized spacial score (nSPS) is 10.9. The Hall–Kier alpha value is -1.69. The van der Waals surface area contributed by atoms with Gasteiger partial charge in [0.1, 0.15) is 11.8 Å². The summed E-state index contributed by atoms with van der Waals surface area (Å²) in [6.07, 6.45) is 2.31. The van der Waals surface area contributed by atoms with Gasteiger partial charge in [0, 0.05) is 17.8 Å². The number of nitrogens with one attached hydrogen (secondary N) is 1. The summed E-state index contributed by atoms with van der Waals surface area (Å²) < 4.78 is 5.34. The van der Waals surface area contributed by atoms with Crippen LogP contribution in [0.5, 0.6) is 5.75 Å². The van der Waals surface area contributed by atoms with Crippen LogP contribution in [0.2, 0.25) is 0 Å². The van der Waals surface area contributed by atoms with E-state index < -0.39 is 0 Å². The van der Waals surface area contributed by atoms with Crippen LogP contribution in [0.15, 0.2) is 24.3 Å². The molecular formula is C17H26N2O. The first-order valence-electron chi connectivity index (χ1n) is 7.37. The maximum absolute atomic E-state index is 8.55. The molecule has 0 unspecified atom stereocenters. The maximum atomic E-state index is 8.55. The van der Waals surface area contributed by atoms with Gasteiger partial charge in [-0.25, -0.2) is 0 Å². The largest absolute Gasteiger partial charge is 0.479 e. The van der Waals surface area contributed by atoms with Crippen molar-refractivity contribution in [3.05, 3.63) is 24.3 Å². The molecule has 20 heavy (non-hydrogen) atoms. The highest BCUT2D eigenvalue weighted by molar-refractivity contribution is 5.48. The molecule has 1 rings (SSSR count). The molecule has 0 aliphatic carbocycles. The van der Waals surface area contributed by atoms with Gasteiger partial charge < -0.3 is 10.1 Å². The summed E-state index contributed by atoms with van der Waals surface area (Å²) in [6, 6.07) is 10.3. The highest BCUT2D eigenvalue weighted by Crippen LogP contribution is 2.22. The number of ether oxygens (including phenoxy) is 1. The van der Waals surface area contributed by atoms with E-state index >= 15 is 0 Å². The Morgan fingerprint density at radius 2 is 1.80 bits per heavy atom. The predicted octanol–water partition coefficient (Wildman–Crippen LogP) is 4.46. The van der Waals surface area contributed by atoms with Gasteiger partial charge in [-0.05, 0) is 36.8 Å². The van der Waals surface area contributed by atoms with Gasteiger partial charge in [-0.1, -0.05) is 33.8 Å². The average Bonchev–Trinajstić information content (AvgIpc) is 2.35. The zero-order valence-corrected chi connectivity index (χ0v) is 13.0. The van der Waals surface area contributed by atoms with Gasteiger partial charge in [0.05, 0.1) is 0 Å². The topological polar surface area (TPSA) is 45.0 Å². The monoisotopic (exact) mass is 274 g/mol. The molecule has 0 bridgehead atoms. The van der Waals surface area contributed by atoms with E-state index in [4.69, 9.17) is 10.00 Å². The first-order valence-corrected chi connectivity index (χ1v) is 7.37. The second-order valence-electron chi connectivity index (χ2n) is 6.07. The van der Waals surface area contributed by atoms with Crippen LogP contribution in [0.4, 0.5) is 5.69 Å².